The van der Waals surface area contributed by atoms with E-state index < -0.39 is 10.0 Å². The molecule has 1 fully saturated rings. The monoisotopic (exact) mass is 484 g/mol. The normalized spacial score (nSPS) is 14.8. The predicted octanol–water partition coefficient (Wildman–Crippen LogP) is 4.58. The highest BCUT2D eigenvalue weighted by Crippen LogP contribution is 2.24. The fraction of sp³-hybridized carbons (Fsp3) is 0.320. The van der Waals surface area contributed by atoms with Gasteiger partial charge in [-0.3, -0.25) is 9.52 Å². The number of sulfonamides is 1. The van der Waals surface area contributed by atoms with E-state index in [0.29, 0.717) is 18.0 Å². The number of hydrogen-bond donors (Lipinski definition) is 1. The van der Waals surface area contributed by atoms with Crippen LogP contribution in [0.5, 0.6) is 5.75 Å². The molecule has 0 aliphatic carbocycles. The summed E-state index contributed by atoms with van der Waals surface area (Å²) in [6.45, 7) is 1.55. The van der Waals surface area contributed by atoms with Crippen molar-refractivity contribution in [2.45, 2.75) is 29.9 Å². The lowest BCUT2D eigenvalue weighted by Gasteiger charge is -2.32. The molecule has 1 amide bonds. The van der Waals surface area contributed by atoms with Crippen molar-refractivity contribution in [2.24, 2.45) is 5.92 Å². The summed E-state index contributed by atoms with van der Waals surface area (Å²) in [5.41, 5.74) is 2.66. The lowest BCUT2D eigenvalue weighted by Crippen LogP contribution is -2.39. The van der Waals surface area contributed by atoms with E-state index in [1.54, 1.807) is 48.9 Å². The van der Waals surface area contributed by atoms with Gasteiger partial charge in [-0.15, -0.1) is 11.3 Å². The Bertz CT molecular complexity index is 1150. The number of anilines is 1. The van der Waals surface area contributed by atoms with E-state index >= 15 is 0 Å². The first kappa shape index (κ1) is 23.3. The van der Waals surface area contributed by atoms with Crippen molar-refractivity contribution < 1.29 is 17.9 Å². The van der Waals surface area contributed by atoms with E-state index in [0.717, 1.165) is 43.7 Å². The van der Waals surface area contributed by atoms with Crippen molar-refractivity contribution in [3.63, 3.8) is 0 Å². The van der Waals surface area contributed by atoms with Crippen molar-refractivity contribution >= 4 is 33.0 Å². The summed E-state index contributed by atoms with van der Waals surface area (Å²) in [4.78, 5) is 14.7. The third-order valence-corrected chi connectivity index (χ3v) is 8.75. The highest BCUT2D eigenvalue weighted by molar-refractivity contribution is 7.94. The Labute approximate surface area is 199 Å². The topological polar surface area (TPSA) is 75.7 Å². The van der Waals surface area contributed by atoms with Crippen LogP contribution in [-0.2, 0) is 27.7 Å². The van der Waals surface area contributed by atoms with Gasteiger partial charge in [-0.1, -0.05) is 30.3 Å². The number of carbonyl (C=O) groups is 1. The Morgan fingerprint density at radius 3 is 2.30 bits per heavy atom. The summed E-state index contributed by atoms with van der Waals surface area (Å²) in [6, 6.07) is 18.5. The van der Waals surface area contributed by atoms with Gasteiger partial charge in [0, 0.05) is 18.8 Å². The Morgan fingerprint density at radius 1 is 1.03 bits per heavy atom. The quantitative estimate of drug-likeness (QED) is 0.508. The molecule has 3 aromatic rings. The summed E-state index contributed by atoms with van der Waals surface area (Å²) < 4.78 is 32.7. The molecule has 1 aromatic heterocycles. The van der Waals surface area contributed by atoms with Crippen LogP contribution < -0.4 is 9.46 Å². The molecule has 33 heavy (non-hydrogen) atoms. The molecule has 1 aliphatic rings. The van der Waals surface area contributed by atoms with Crippen LogP contribution >= 0.6 is 11.3 Å². The van der Waals surface area contributed by atoms with Gasteiger partial charge < -0.3 is 9.64 Å². The van der Waals surface area contributed by atoms with Gasteiger partial charge in [0.25, 0.3) is 10.0 Å². The second-order valence-corrected chi connectivity index (χ2v) is 11.1. The number of piperidine rings is 1. The first-order chi connectivity index (χ1) is 15.9. The van der Waals surface area contributed by atoms with E-state index in [9.17, 15) is 13.2 Å². The number of amides is 1. The largest absolute Gasteiger partial charge is 0.497 e. The maximum atomic E-state index is 12.8. The molecule has 0 atom stereocenters. The van der Waals surface area contributed by atoms with Gasteiger partial charge in [-0.25, -0.2) is 8.42 Å². The standard InChI is InChI=1S/C25H28N2O4S2/c1-31-23-10-6-19(7-11-23)17-21-12-14-27(15-13-21)24(28)18-20-4-8-22(9-5-20)26-33(29,30)25-3-2-16-32-25/h2-11,16,21,26H,12-15,17-18H2,1H3. The maximum absolute atomic E-state index is 12.8. The van der Waals surface area contributed by atoms with E-state index in [4.69, 9.17) is 4.74 Å². The Balaban J connectivity index is 1.25. The number of ether oxygens (including phenoxy) is 1. The molecule has 8 heteroatoms. The molecule has 4 rings (SSSR count). The predicted molar refractivity (Wildman–Crippen MR) is 131 cm³/mol. The van der Waals surface area contributed by atoms with Gasteiger partial charge >= 0.3 is 0 Å². The van der Waals surface area contributed by atoms with Gasteiger partial charge in [0.15, 0.2) is 0 Å². The van der Waals surface area contributed by atoms with Crippen molar-refractivity contribution in [1.82, 2.24) is 4.90 Å². The van der Waals surface area contributed by atoms with E-state index in [2.05, 4.69) is 16.9 Å². The fourth-order valence-electron chi connectivity index (χ4n) is 4.08. The minimum absolute atomic E-state index is 0.116. The van der Waals surface area contributed by atoms with Crippen LogP contribution in [0.2, 0.25) is 0 Å². The lowest BCUT2D eigenvalue weighted by atomic mass is 9.90. The molecular weight excluding hydrogens is 456 g/mol. The number of nitrogens with zero attached hydrogens (tertiary/aromatic N) is 1. The van der Waals surface area contributed by atoms with Crippen LogP contribution in [0.4, 0.5) is 5.69 Å². The molecule has 6 nitrogen and oxygen atoms in total. The highest BCUT2D eigenvalue weighted by Gasteiger charge is 2.23. The zero-order valence-electron chi connectivity index (χ0n) is 18.6. The van der Waals surface area contributed by atoms with Crippen molar-refractivity contribution in [2.75, 3.05) is 24.9 Å². The zero-order chi connectivity index (χ0) is 23.3. The zero-order valence-corrected chi connectivity index (χ0v) is 20.2. The van der Waals surface area contributed by atoms with E-state index in [-0.39, 0.29) is 10.1 Å². The van der Waals surface area contributed by atoms with Gasteiger partial charge in [0.1, 0.15) is 9.96 Å². The molecule has 1 aliphatic heterocycles. The molecule has 0 bridgehead atoms. The minimum Gasteiger partial charge on any atom is -0.497 e. The molecule has 2 aromatic carbocycles. The third kappa shape index (κ3) is 6.15. The number of methoxy groups -OCH3 is 1. The first-order valence-electron chi connectivity index (χ1n) is 11.0. The molecular formula is C25H28N2O4S2. The number of benzene rings is 2. The van der Waals surface area contributed by atoms with Crippen molar-refractivity contribution in [3.05, 3.63) is 77.2 Å². The number of thiophene rings is 1. The summed E-state index contributed by atoms with van der Waals surface area (Å²) in [6.07, 6.45) is 3.35. The number of rotatable bonds is 8. The number of likely N-dealkylation sites (tertiary alicyclic amines) is 1. The van der Waals surface area contributed by atoms with Crippen molar-refractivity contribution in [3.8, 4) is 5.75 Å². The second kappa shape index (κ2) is 10.4. The van der Waals surface area contributed by atoms with Crippen LogP contribution in [0.3, 0.4) is 0 Å². The van der Waals surface area contributed by atoms with Crippen LogP contribution in [0.1, 0.15) is 24.0 Å². The summed E-state index contributed by atoms with van der Waals surface area (Å²) >= 11 is 1.17. The minimum atomic E-state index is -3.57. The average Bonchev–Trinajstić information content (AvgIpc) is 3.37. The number of hydrogen-bond acceptors (Lipinski definition) is 5. The summed E-state index contributed by atoms with van der Waals surface area (Å²) in [7, 11) is -1.90. The number of carbonyl (C=O) groups excluding carboxylic acids is 1. The second-order valence-electron chi connectivity index (χ2n) is 8.29. The van der Waals surface area contributed by atoms with Crippen LogP contribution in [-0.4, -0.2) is 39.4 Å². The maximum Gasteiger partial charge on any atom is 0.271 e. The SMILES string of the molecule is COc1ccc(CC2CCN(C(=O)Cc3ccc(NS(=O)(=O)c4cccs4)cc3)CC2)cc1. The highest BCUT2D eigenvalue weighted by atomic mass is 32.2. The Hall–Kier alpha value is -2.84. The third-order valence-electron chi connectivity index (χ3n) is 5.97. The van der Waals surface area contributed by atoms with E-state index in [1.165, 1.54) is 16.9 Å². The van der Waals surface area contributed by atoms with Crippen LogP contribution in [0.15, 0.2) is 70.3 Å². The molecule has 0 radical (unpaired) electrons. The number of nitrogens with one attached hydrogen (secondary N) is 1. The van der Waals surface area contributed by atoms with Crippen molar-refractivity contribution in [1.29, 1.82) is 0 Å². The van der Waals surface area contributed by atoms with Gasteiger partial charge in [0.05, 0.1) is 13.5 Å². The molecule has 174 valence electrons. The Morgan fingerprint density at radius 2 is 1.70 bits per heavy atom. The molecule has 1 saturated heterocycles. The van der Waals surface area contributed by atoms with Crippen LogP contribution in [0, 0.1) is 5.92 Å². The molecule has 0 unspecified atom stereocenters. The molecule has 2 heterocycles. The summed E-state index contributed by atoms with van der Waals surface area (Å²) in [5.74, 6) is 1.56. The smallest absolute Gasteiger partial charge is 0.271 e. The first-order valence-corrected chi connectivity index (χ1v) is 13.4. The molecule has 1 N–H and O–H groups in total. The van der Waals surface area contributed by atoms with E-state index in [1.807, 2.05) is 17.0 Å². The average molecular weight is 485 g/mol. The van der Waals surface area contributed by atoms with Gasteiger partial charge in [0.2, 0.25) is 5.91 Å². The molecule has 0 spiro atoms. The molecule has 0 saturated carbocycles. The van der Waals surface area contributed by atoms with Gasteiger partial charge in [-0.2, -0.15) is 0 Å². The van der Waals surface area contributed by atoms with Crippen LogP contribution in [0.25, 0.3) is 0 Å². The lowest BCUT2D eigenvalue weighted by molar-refractivity contribution is -0.131. The fourth-order valence-corrected chi connectivity index (χ4v) is 6.13. The Kier molecular flexibility index (Phi) is 7.35. The van der Waals surface area contributed by atoms with Gasteiger partial charge in [-0.05, 0) is 72.0 Å². The summed E-state index contributed by atoms with van der Waals surface area (Å²) in [5, 5.41) is 1.73.